The van der Waals surface area contributed by atoms with Gasteiger partial charge in [0.1, 0.15) is 0 Å². The molecular formula is C16H25N. The molecule has 1 N–H and O–H groups in total. The van der Waals surface area contributed by atoms with Gasteiger partial charge < -0.3 is 5.32 Å². The molecule has 1 aromatic rings. The van der Waals surface area contributed by atoms with Crippen LogP contribution in [0.25, 0.3) is 0 Å². The van der Waals surface area contributed by atoms with Crippen LogP contribution < -0.4 is 5.32 Å². The van der Waals surface area contributed by atoms with Crippen molar-refractivity contribution in [3.05, 3.63) is 29.3 Å². The highest BCUT2D eigenvalue weighted by Gasteiger charge is 2.12. The Labute approximate surface area is 106 Å². The van der Waals surface area contributed by atoms with E-state index in [1.54, 1.807) is 0 Å². The van der Waals surface area contributed by atoms with E-state index in [-0.39, 0.29) is 0 Å². The average molecular weight is 231 g/mol. The molecule has 1 aliphatic rings. The third-order valence-electron chi connectivity index (χ3n) is 4.16. The van der Waals surface area contributed by atoms with Crippen LogP contribution in [0.15, 0.2) is 18.2 Å². The van der Waals surface area contributed by atoms with Crippen LogP contribution in [0.1, 0.15) is 49.7 Å². The maximum atomic E-state index is 3.65. The molecule has 0 atom stereocenters. The Morgan fingerprint density at radius 1 is 1.06 bits per heavy atom. The number of hydrogen-bond donors (Lipinski definition) is 1. The second-order valence-corrected chi connectivity index (χ2v) is 5.49. The summed E-state index contributed by atoms with van der Waals surface area (Å²) in [6.07, 6.45) is 8.58. The molecule has 0 radical (unpaired) electrons. The van der Waals surface area contributed by atoms with Crippen molar-refractivity contribution in [2.75, 3.05) is 11.9 Å². The normalized spacial score (nSPS) is 17.8. The van der Waals surface area contributed by atoms with Gasteiger partial charge in [0, 0.05) is 12.2 Å². The Kier molecular flexibility index (Phi) is 4.47. The Hall–Kier alpha value is -0.980. The van der Waals surface area contributed by atoms with Gasteiger partial charge in [-0.25, -0.2) is 0 Å². The monoisotopic (exact) mass is 231 g/mol. The Morgan fingerprint density at radius 3 is 2.47 bits per heavy atom. The van der Waals surface area contributed by atoms with E-state index < -0.39 is 0 Å². The van der Waals surface area contributed by atoms with E-state index >= 15 is 0 Å². The third-order valence-corrected chi connectivity index (χ3v) is 4.16. The minimum Gasteiger partial charge on any atom is -0.385 e. The minimum absolute atomic E-state index is 0.886. The lowest BCUT2D eigenvalue weighted by Gasteiger charge is -2.17. The molecule has 0 bridgehead atoms. The summed E-state index contributed by atoms with van der Waals surface area (Å²) in [5.74, 6) is 0.886. The van der Waals surface area contributed by atoms with Gasteiger partial charge in [0.25, 0.3) is 0 Å². The number of aryl methyl sites for hydroxylation is 1. The number of rotatable bonds is 3. The molecule has 1 nitrogen and oxygen atoms in total. The van der Waals surface area contributed by atoms with Crippen molar-refractivity contribution in [3.8, 4) is 0 Å². The van der Waals surface area contributed by atoms with Crippen molar-refractivity contribution < 1.29 is 0 Å². The van der Waals surface area contributed by atoms with Crippen LogP contribution >= 0.6 is 0 Å². The fourth-order valence-corrected chi connectivity index (χ4v) is 2.76. The van der Waals surface area contributed by atoms with Crippen molar-refractivity contribution in [1.29, 1.82) is 0 Å². The first kappa shape index (κ1) is 12.5. The summed E-state index contributed by atoms with van der Waals surface area (Å²) in [5.41, 5.74) is 4.12. The zero-order valence-corrected chi connectivity index (χ0v) is 11.3. The topological polar surface area (TPSA) is 12.0 Å². The molecule has 0 aliphatic heterocycles. The molecule has 0 spiro atoms. The van der Waals surface area contributed by atoms with Crippen LogP contribution in [-0.2, 0) is 0 Å². The zero-order valence-electron chi connectivity index (χ0n) is 11.3. The summed E-state index contributed by atoms with van der Waals surface area (Å²) >= 11 is 0. The molecule has 1 heteroatoms. The molecule has 1 aromatic carbocycles. The molecule has 1 fully saturated rings. The summed E-state index contributed by atoms with van der Waals surface area (Å²) in [6.45, 7) is 5.56. The molecule has 17 heavy (non-hydrogen) atoms. The molecule has 94 valence electrons. The van der Waals surface area contributed by atoms with Gasteiger partial charge >= 0.3 is 0 Å². The van der Waals surface area contributed by atoms with Crippen molar-refractivity contribution in [1.82, 2.24) is 0 Å². The first-order chi connectivity index (χ1) is 8.27. The smallest absolute Gasteiger partial charge is 0.0372 e. The highest BCUT2D eigenvalue weighted by Crippen LogP contribution is 2.24. The van der Waals surface area contributed by atoms with E-state index in [1.165, 1.54) is 55.3 Å². The van der Waals surface area contributed by atoms with Gasteiger partial charge in [0.05, 0.1) is 0 Å². The molecule has 0 aromatic heterocycles. The summed E-state index contributed by atoms with van der Waals surface area (Å²) in [4.78, 5) is 0. The first-order valence-electron chi connectivity index (χ1n) is 7.07. The lowest BCUT2D eigenvalue weighted by molar-refractivity contribution is 0.483. The van der Waals surface area contributed by atoms with Crippen molar-refractivity contribution in [2.45, 2.75) is 52.4 Å². The first-order valence-corrected chi connectivity index (χ1v) is 7.07. The maximum Gasteiger partial charge on any atom is 0.0372 e. The summed E-state index contributed by atoms with van der Waals surface area (Å²) in [5, 5.41) is 3.65. The number of benzene rings is 1. The lowest BCUT2D eigenvalue weighted by Crippen LogP contribution is -2.14. The zero-order chi connectivity index (χ0) is 12.1. The molecule has 0 amide bonds. The predicted molar refractivity (Wildman–Crippen MR) is 75.6 cm³/mol. The molecular weight excluding hydrogens is 206 g/mol. The minimum atomic E-state index is 0.886. The predicted octanol–water partition coefficient (Wildman–Crippen LogP) is 4.69. The van der Waals surface area contributed by atoms with E-state index in [9.17, 15) is 0 Å². The fourth-order valence-electron chi connectivity index (χ4n) is 2.76. The second-order valence-electron chi connectivity index (χ2n) is 5.49. The van der Waals surface area contributed by atoms with Crippen LogP contribution in [-0.4, -0.2) is 6.54 Å². The van der Waals surface area contributed by atoms with Crippen LogP contribution in [0.5, 0.6) is 0 Å². The van der Waals surface area contributed by atoms with Crippen LogP contribution in [0.2, 0.25) is 0 Å². The summed E-state index contributed by atoms with van der Waals surface area (Å²) in [7, 11) is 0. The van der Waals surface area contributed by atoms with Crippen LogP contribution in [0, 0.1) is 19.8 Å². The number of anilines is 1. The second kappa shape index (κ2) is 6.09. The third kappa shape index (κ3) is 3.49. The average Bonchev–Trinajstić information content (AvgIpc) is 2.59. The van der Waals surface area contributed by atoms with Gasteiger partial charge in [0.15, 0.2) is 0 Å². The highest BCUT2D eigenvalue weighted by molar-refractivity contribution is 5.53. The largest absolute Gasteiger partial charge is 0.385 e. The Balaban J connectivity index is 1.90. The Bertz CT molecular complexity index is 349. The molecule has 2 rings (SSSR count). The van der Waals surface area contributed by atoms with E-state index in [0.717, 1.165) is 12.5 Å². The fraction of sp³-hybridized carbons (Fsp3) is 0.625. The molecule has 0 unspecified atom stereocenters. The number of nitrogens with one attached hydrogen (secondary N) is 1. The quantitative estimate of drug-likeness (QED) is 0.744. The van der Waals surface area contributed by atoms with E-state index in [1.807, 2.05) is 0 Å². The molecule has 0 saturated heterocycles. The van der Waals surface area contributed by atoms with Crippen LogP contribution in [0.3, 0.4) is 0 Å². The van der Waals surface area contributed by atoms with Crippen molar-refractivity contribution in [2.24, 2.45) is 5.92 Å². The maximum absolute atomic E-state index is 3.65. The highest BCUT2D eigenvalue weighted by atomic mass is 14.9. The summed E-state index contributed by atoms with van der Waals surface area (Å²) < 4.78 is 0. The SMILES string of the molecule is Cc1cccc(NCC2CCCCCC2)c1C. The molecule has 1 aliphatic carbocycles. The van der Waals surface area contributed by atoms with Gasteiger partial charge in [-0.3, -0.25) is 0 Å². The lowest BCUT2D eigenvalue weighted by atomic mass is 10.00. The summed E-state index contributed by atoms with van der Waals surface area (Å²) in [6, 6.07) is 6.54. The van der Waals surface area contributed by atoms with E-state index in [0.29, 0.717) is 0 Å². The van der Waals surface area contributed by atoms with E-state index in [2.05, 4.69) is 37.4 Å². The van der Waals surface area contributed by atoms with Gasteiger partial charge in [-0.15, -0.1) is 0 Å². The van der Waals surface area contributed by atoms with Gasteiger partial charge in [-0.2, -0.15) is 0 Å². The molecule has 1 saturated carbocycles. The Morgan fingerprint density at radius 2 is 1.76 bits per heavy atom. The van der Waals surface area contributed by atoms with Crippen LogP contribution in [0.4, 0.5) is 5.69 Å². The van der Waals surface area contributed by atoms with Gasteiger partial charge in [0.2, 0.25) is 0 Å². The van der Waals surface area contributed by atoms with Crippen molar-refractivity contribution in [3.63, 3.8) is 0 Å². The van der Waals surface area contributed by atoms with Crippen molar-refractivity contribution >= 4 is 5.69 Å². The standard InChI is InChI=1S/C16H25N/c1-13-8-7-11-16(14(13)2)17-12-15-9-5-3-4-6-10-15/h7-8,11,15,17H,3-6,9-10,12H2,1-2H3. The van der Waals surface area contributed by atoms with Gasteiger partial charge in [-0.1, -0.05) is 37.8 Å². The molecule has 0 heterocycles. The van der Waals surface area contributed by atoms with Gasteiger partial charge in [-0.05, 0) is 49.8 Å². The number of hydrogen-bond acceptors (Lipinski definition) is 1. The van der Waals surface area contributed by atoms with E-state index in [4.69, 9.17) is 0 Å².